The van der Waals surface area contributed by atoms with Gasteiger partial charge in [-0.15, -0.1) is 11.8 Å². The predicted molar refractivity (Wildman–Crippen MR) is 57.9 cm³/mol. The van der Waals surface area contributed by atoms with Gasteiger partial charge in [0.05, 0.1) is 6.26 Å². The van der Waals surface area contributed by atoms with Crippen molar-refractivity contribution in [1.82, 2.24) is 5.32 Å². The summed E-state index contributed by atoms with van der Waals surface area (Å²) in [5.74, 6) is 6.93. The van der Waals surface area contributed by atoms with Gasteiger partial charge in [-0.2, -0.15) is 0 Å². The molecule has 0 aliphatic heterocycles. The Bertz CT molecular complexity index is 330. The molecule has 1 N–H and O–H groups in total. The number of aryl methyl sites for hydroxylation is 1. The van der Waals surface area contributed by atoms with E-state index in [1.807, 2.05) is 27.2 Å². The minimum Gasteiger partial charge on any atom is -0.469 e. The molecule has 0 amide bonds. The first-order valence-corrected chi connectivity index (χ1v) is 4.90. The Morgan fingerprint density at radius 1 is 1.57 bits per heavy atom. The molecule has 76 valence electrons. The lowest BCUT2D eigenvalue weighted by molar-refractivity contribution is 0.513. The van der Waals surface area contributed by atoms with Crippen LogP contribution in [-0.4, -0.2) is 7.05 Å². The molecule has 0 spiro atoms. The average molecular weight is 191 g/mol. The van der Waals surface area contributed by atoms with E-state index < -0.39 is 0 Å². The van der Waals surface area contributed by atoms with Gasteiger partial charge in [0.25, 0.3) is 0 Å². The summed E-state index contributed by atoms with van der Waals surface area (Å²) >= 11 is 0. The third-order valence-electron chi connectivity index (χ3n) is 2.24. The summed E-state index contributed by atoms with van der Waals surface area (Å²) in [6.07, 6.45) is 3.76. The molecule has 1 unspecified atom stereocenters. The fraction of sp³-hybridized carbons (Fsp3) is 0.500. The van der Waals surface area contributed by atoms with Crippen molar-refractivity contribution < 1.29 is 4.42 Å². The van der Waals surface area contributed by atoms with Gasteiger partial charge in [0.1, 0.15) is 5.76 Å². The summed E-state index contributed by atoms with van der Waals surface area (Å²) in [4.78, 5) is 0. The number of furan rings is 1. The van der Waals surface area contributed by atoms with Gasteiger partial charge in [0.2, 0.25) is 0 Å². The molecular weight excluding hydrogens is 174 g/mol. The lowest BCUT2D eigenvalue weighted by atomic mass is 10.1. The molecule has 1 aromatic heterocycles. The zero-order valence-corrected chi connectivity index (χ0v) is 9.05. The summed E-state index contributed by atoms with van der Waals surface area (Å²) < 4.78 is 5.28. The van der Waals surface area contributed by atoms with Crippen molar-refractivity contribution in [3.05, 3.63) is 23.7 Å². The van der Waals surface area contributed by atoms with E-state index in [4.69, 9.17) is 4.42 Å². The Labute approximate surface area is 85.7 Å². The average Bonchev–Trinajstić information content (AvgIpc) is 2.60. The molecule has 1 atom stereocenters. The molecule has 0 bridgehead atoms. The van der Waals surface area contributed by atoms with Gasteiger partial charge >= 0.3 is 0 Å². The second-order valence-electron chi connectivity index (χ2n) is 3.30. The van der Waals surface area contributed by atoms with E-state index >= 15 is 0 Å². The molecule has 0 saturated heterocycles. The molecule has 0 aliphatic rings. The highest BCUT2D eigenvalue weighted by molar-refractivity contribution is 5.16. The highest BCUT2D eigenvalue weighted by Gasteiger charge is 2.10. The van der Waals surface area contributed by atoms with E-state index in [2.05, 4.69) is 23.2 Å². The van der Waals surface area contributed by atoms with Gasteiger partial charge in [0.15, 0.2) is 0 Å². The van der Waals surface area contributed by atoms with E-state index in [9.17, 15) is 0 Å². The van der Waals surface area contributed by atoms with Crippen molar-refractivity contribution in [3.63, 3.8) is 0 Å². The predicted octanol–water partition coefficient (Wildman–Crippen LogP) is 2.65. The molecule has 0 saturated carbocycles. The van der Waals surface area contributed by atoms with Crippen LogP contribution in [0.2, 0.25) is 0 Å². The second-order valence-corrected chi connectivity index (χ2v) is 3.30. The molecule has 1 rings (SSSR count). The van der Waals surface area contributed by atoms with E-state index in [1.165, 1.54) is 5.56 Å². The van der Waals surface area contributed by atoms with Gasteiger partial charge in [-0.1, -0.05) is 0 Å². The van der Waals surface area contributed by atoms with E-state index in [0.29, 0.717) is 6.04 Å². The van der Waals surface area contributed by atoms with Crippen LogP contribution in [0.5, 0.6) is 0 Å². The van der Waals surface area contributed by atoms with Crippen LogP contribution in [0.25, 0.3) is 0 Å². The minimum absolute atomic E-state index is 0.355. The van der Waals surface area contributed by atoms with Crippen molar-refractivity contribution in [1.29, 1.82) is 0 Å². The van der Waals surface area contributed by atoms with Crippen LogP contribution in [0.15, 0.2) is 16.7 Å². The summed E-state index contributed by atoms with van der Waals surface area (Å²) in [5.41, 5.74) is 1.21. The molecule has 1 heterocycles. The second kappa shape index (κ2) is 5.51. The zero-order chi connectivity index (χ0) is 10.4. The van der Waals surface area contributed by atoms with Gasteiger partial charge in [-0.3, -0.25) is 0 Å². The standard InChI is InChI=1S/C12H17NO/c1-4-5-6-7-12(13-3)11-8-10(2)14-9-11/h8-9,12-13H,6-7H2,1-3H3. The topological polar surface area (TPSA) is 25.2 Å². The fourth-order valence-electron chi connectivity index (χ4n) is 1.47. The van der Waals surface area contributed by atoms with E-state index in [-0.39, 0.29) is 0 Å². The third kappa shape index (κ3) is 2.93. The maximum absolute atomic E-state index is 5.28. The lowest BCUT2D eigenvalue weighted by Gasteiger charge is -2.11. The molecule has 0 aromatic carbocycles. The number of nitrogens with one attached hydrogen (secondary N) is 1. The highest BCUT2D eigenvalue weighted by atomic mass is 16.3. The van der Waals surface area contributed by atoms with Crippen LogP contribution in [0.4, 0.5) is 0 Å². The Kier molecular flexibility index (Phi) is 4.28. The van der Waals surface area contributed by atoms with Gasteiger partial charge in [-0.05, 0) is 33.4 Å². The molecule has 1 aromatic rings. The van der Waals surface area contributed by atoms with Gasteiger partial charge in [-0.25, -0.2) is 0 Å². The fourth-order valence-corrected chi connectivity index (χ4v) is 1.47. The van der Waals surface area contributed by atoms with Crippen molar-refractivity contribution in [2.45, 2.75) is 32.7 Å². The summed E-state index contributed by atoms with van der Waals surface area (Å²) in [5, 5.41) is 3.26. The first-order valence-electron chi connectivity index (χ1n) is 4.90. The van der Waals surface area contributed by atoms with Crippen LogP contribution in [0.3, 0.4) is 0 Å². The summed E-state index contributed by atoms with van der Waals surface area (Å²) in [7, 11) is 1.96. The number of hydrogen-bond donors (Lipinski definition) is 1. The quantitative estimate of drug-likeness (QED) is 0.740. The Morgan fingerprint density at radius 2 is 2.36 bits per heavy atom. The summed E-state index contributed by atoms with van der Waals surface area (Å²) in [6.45, 7) is 3.83. The van der Waals surface area contributed by atoms with Crippen molar-refractivity contribution >= 4 is 0 Å². The number of rotatable bonds is 4. The van der Waals surface area contributed by atoms with Gasteiger partial charge < -0.3 is 9.73 Å². The minimum atomic E-state index is 0.355. The van der Waals surface area contributed by atoms with Crippen LogP contribution in [0.1, 0.15) is 37.1 Å². The lowest BCUT2D eigenvalue weighted by Crippen LogP contribution is -2.15. The zero-order valence-electron chi connectivity index (χ0n) is 9.05. The van der Waals surface area contributed by atoms with Crippen molar-refractivity contribution in [2.75, 3.05) is 7.05 Å². The smallest absolute Gasteiger partial charge is 0.101 e. The molecule has 14 heavy (non-hydrogen) atoms. The molecular formula is C12H17NO. The SMILES string of the molecule is CC#CCCC(NC)c1coc(C)c1. The molecule has 2 heteroatoms. The van der Waals surface area contributed by atoms with Crippen molar-refractivity contribution in [3.8, 4) is 11.8 Å². The van der Waals surface area contributed by atoms with Crippen LogP contribution < -0.4 is 5.32 Å². The first-order chi connectivity index (χ1) is 6.77. The molecule has 2 nitrogen and oxygen atoms in total. The van der Waals surface area contributed by atoms with Gasteiger partial charge in [0, 0.05) is 18.0 Å². The normalized spacial score (nSPS) is 11.9. The van der Waals surface area contributed by atoms with E-state index in [1.54, 1.807) is 0 Å². The molecule has 0 radical (unpaired) electrons. The Morgan fingerprint density at radius 3 is 2.86 bits per heavy atom. The summed E-state index contributed by atoms with van der Waals surface area (Å²) in [6, 6.07) is 2.42. The van der Waals surface area contributed by atoms with Crippen molar-refractivity contribution in [2.24, 2.45) is 0 Å². The largest absolute Gasteiger partial charge is 0.469 e. The molecule has 0 aliphatic carbocycles. The van der Waals surface area contributed by atoms with Crippen LogP contribution in [-0.2, 0) is 0 Å². The maximum Gasteiger partial charge on any atom is 0.101 e. The Hall–Kier alpha value is -1.20. The monoisotopic (exact) mass is 191 g/mol. The Balaban J connectivity index is 2.56. The highest BCUT2D eigenvalue weighted by Crippen LogP contribution is 2.19. The first kappa shape index (κ1) is 10.9. The van der Waals surface area contributed by atoms with Crippen LogP contribution >= 0.6 is 0 Å². The third-order valence-corrected chi connectivity index (χ3v) is 2.24. The van der Waals surface area contributed by atoms with Crippen LogP contribution in [0, 0.1) is 18.8 Å². The maximum atomic E-state index is 5.28. The van der Waals surface area contributed by atoms with E-state index in [0.717, 1.165) is 18.6 Å². The number of hydrogen-bond acceptors (Lipinski definition) is 2. The molecule has 0 fully saturated rings.